The lowest BCUT2D eigenvalue weighted by Crippen LogP contribution is -2.56. The highest BCUT2D eigenvalue weighted by Crippen LogP contribution is 2.32. The fourth-order valence-corrected chi connectivity index (χ4v) is 3.42. The maximum atomic E-state index is 12.9. The summed E-state index contributed by atoms with van der Waals surface area (Å²) in [7, 11) is 0. The summed E-state index contributed by atoms with van der Waals surface area (Å²) in [5.41, 5.74) is 6.43. The number of aryl methyl sites for hydroxylation is 1. The van der Waals surface area contributed by atoms with Gasteiger partial charge in [0, 0.05) is 52.0 Å². The van der Waals surface area contributed by atoms with Crippen molar-refractivity contribution in [2.75, 3.05) is 45.9 Å². The molecule has 0 radical (unpaired) electrons. The Balaban J connectivity index is 0.00000156. The van der Waals surface area contributed by atoms with E-state index in [1.807, 2.05) is 17.9 Å². The summed E-state index contributed by atoms with van der Waals surface area (Å²) in [6, 6.07) is 1.96. The normalized spacial score (nSPS) is 20.5. The van der Waals surface area contributed by atoms with E-state index in [1.54, 1.807) is 0 Å². The number of carbonyl (C=O) groups is 1. The first kappa shape index (κ1) is 22.2. The molecule has 0 atom stereocenters. The zero-order valence-corrected chi connectivity index (χ0v) is 16.2. The number of amides is 1. The van der Waals surface area contributed by atoms with Crippen molar-refractivity contribution >= 4 is 30.7 Å². The molecule has 25 heavy (non-hydrogen) atoms. The molecule has 0 saturated carbocycles. The number of hydrogen-bond donors (Lipinski definition) is 1. The maximum absolute atomic E-state index is 12.9. The van der Waals surface area contributed by atoms with E-state index < -0.39 is 5.41 Å². The number of carbonyl (C=O) groups excluding carboxylic acids is 1. The lowest BCUT2D eigenvalue weighted by atomic mass is 9.78. The Bertz CT molecular complexity index is 541. The predicted molar refractivity (Wildman–Crippen MR) is 99.1 cm³/mol. The van der Waals surface area contributed by atoms with Gasteiger partial charge in [-0.2, -0.15) is 0 Å². The molecule has 7 nitrogen and oxygen atoms in total. The third kappa shape index (κ3) is 5.08. The van der Waals surface area contributed by atoms with E-state index in [-0.39, 0.29) is 30.7 Å². The largest absolute Gasteiger partial charge is 0.381 e. The Morgan fingerprint density at radius 3 is 2.40 bits per heavy atom. The summed E-state index contributed by atoms with van der Waals surface area (Å²) in [6.07, 6.45) is 1.47. The number of hydrogen-bond acceptors (Lipinski definition) is 6. The van der Waals surface area contributed by atoms with Crippen LogP contribution in [0.1, 0.15) is 24.3 Å². The quantitative estimate of drug-likeness (QED) is 0.826. The second-order valence-corrected chi connectivity index (χ2v) is 6.60. The Kier molecular flexibility index (Phi) is 8.63. The first-order valence-corrected chi connectivity index (χ1v) is 8.35. The first-order chi connectivity index (χ1) is 11.1. The van der Waals surface area contributed by atoms with E-state index in [9.17, 15) is 4.79 Å². The van der Waals surface area contributed by atoms with Crippen LogP contribution < -0.4 is 5.73 Å². The number of piperazine rings is 1. The fourth-order valence-electron chi connectivity index (χ4n) is 3.42. The van der Waals surface area contributed by atoms with Crippen LogP contribution in [0, 0.1) is 12.3 Å². The molecule has 0 unspecified atom stereocenters. The molecule has 0 spiro atoms. The molecule has 1 aromatic heterocycles. The van der Waals surface area contributed by atoms with E-state index in [0.717, 1.165) is 57.0 Å². The van der Waals surface area contributed by atoms with Crippen LogP contribution >= 0.6 is 24.8 Å². The Morgan fingerprint density at radius 1 is 1.24 bits per heavy atom. The van der Waals surface area contributed by atoms with Gasteiger partial charge < -0.3 is 19.9 Å². The minimum atomic E-state index is -0.414. The lowest BCUT2D eigenvalue weighted by molar-refractivity contribution is -0.149. The molecule has 9 heteroatoms. The molecule has 2 N–H and O–H groups in total. The van der Waals surface area contributed by atoms with E-state index in [2.05, 4.69) is 10.1 Å². The van der Waals surface area contributed by atoms with E-state index in [1.165, 1.54) is 0 Å². The van der Waals surface area contributed by atoms with Gasteiger partial charge in [-0.3, -0.25) is 9.69 Å². The van der Waals surface area contributed by atoms with Crippen molar-refractivity contribution in [2.45, 2.75) is 26.3 Å². The van der Waals surface area contributed by atoms with Gasteiger partial charge in [-0.15, -0.1) is 24.8 Å². The average Bonchev–Trinajstić information content (AvgIpc) is 3.00. The smallest absolute Gasteiger partial charge is 0.230 e. The van der Waals surface area contributed by atoms with Crippen molar-refractivity contribution in [3.8, 4) is 0 Å². The zero-order valence-electron chi connectivity index (χ0n) is 14.6. The van der Waals surface area contributed by atoms with Gasteiger partial charge in [0.1, 0.15) is 0 Å². The van der Waals surface area contributed by atoms with Crippen molar-refractivity contribution in [1.82, 2.24) is 15.0 Å². The monoisotopic (exact) mass is 394 g/mol. The maximum Gasteiger partial charge on any atom is 0.230 e. The van der Waals surface area contributed by atoms with Crippen LogP contribution in [0.15, 0.2) is 10.6 Å². The van der Waals surface area contributed by atoms with Crippen molar-refractivity contribution in [3.05, 3.63) is 17.5 Å². The highest BCUT2D eigenvalue weighted by atomic mass is 35.5. The van der Waals surface area contributed by atoms with Gasteiger partial charge >= 0.3 is 0 Å². The molecule has 2 aliphatic heterocycles. The van der Waals surface area contributed by atoms with Gasteiger partial charge in [-0.1, -0.05) is 5.16 Å². The Labute approximate surface area is 161 Å². The molecule has 0 bridgehead atoms. The average molecular weight is 395 g/mol. The van der Waals surface area contributed by atoms with Crippen molar-refractivity contribution in [1.29, 1.82) is 0 Å². The van der Waals surface area contributed by atoms with Gasteiger partial charge in [0.05, 0.1) is 17.7 Å². The van der Waals surface area contributed by atoms with Gasteiger partial charge in [-0.05, 0) is 19.8 Å². The van der Waals surface area contributed by atoms with Gasteiger partial charge in [0.2, 0.25) is 5.91 Å². The third-order valence-electron chi connectivity index (χ3n) is 5.01. The summed E-state index contributed by atoms with van der Waals surface area (Å²) >= 11 is 0. The summed E-state index contributed by atoms with van der Waals surface area (Å²) < 4.78 is 10.7. The molecule has 3 heterocycles. The summed E-state index contributed by atoms with van der Waals surface area (Å²) in [4.78, 5) is 17.2. The molecule has 144 valence electrons. The molecule has 2 fully saturated rings. The van der Waals surface area contributed by atoms with Crippen LogP contribution in [-0.4, -0.2) is 66.8 Å². The Hall–Kier alpha value is -0.860. The van der Waals surface area contributed by atoms with Gasteiger partial charge in [0.15, 0.2) is 5.76 Å². The van der Waals surface area contributed by atoms with Crippen molar-refractivity contribution in [3.63, 3.8) is 0 Å². The molecule has 0 aliphatic carbocycles. The second kappa shape index (κ2) is 9.73. The fraction of sp³-hybridized carbons (Fsp3) is 0.750. The SMILES string of the molecule is Cc1cc(CN2CCN(C(=O)C3(CN)CCOCC3)CC2)on1.Cl.Cl. The molecule has 2 saturated heterocycles. The minimum absolute atomic E-state index is 0. The zero-order chi connectivity index (χ0) is 16.3. The summed E-state index contributed by atoms with van der Waals surface area (Å²) in [5.74, 6) is 1.09. The van der Waals surface area contributed by atoms with Crippen LogP contribution in [0.25, 0.3) is 0 Å². The van der Waals surface area contributed by atoms with Crippen molar-refractivity contribution < 1.29 is 14.1 Å². The number of halogens is 2. The molecule has 3 rings (SSSR count). The highest BCUT2D eigenvalue weighted by Gasteiger charge is 2.42. The van der Waals surface area contributed by atoms with Crippen LogP contribution in [-0.2, 0) is 16.1 Å². The van der Waals surface area contributed by atoms with E-state index in [0.29, 0.717) is 19.8 Å². The molecular formula is C16H28Cl2N4O3. The third-order valence-corrected chi connectivity index (χ3v) is 5.01. The number of ether oxygens (including phenoxy) is 1. The molecule has 1 amide bonds. The van der Waals surface area contributed by atoms with Crippen molar-refractivity contribution in [2.24, 2.45) is 11.1 Å². The number of nitrogens with two attached hydrogens (primary N) is 1. The number of rotatable bonds is 4. The summed E-state index contributed by atoms with van der Waals surface area (Å²) in [6.45, 7) is 7.53. The second-order valence-electron chi connectivity index (χ2n) is 6.60. The molecule has 1 aromatic rings. The van der Waals surface area contributed by atoms with Gasteiger partial charge in [0.25, 0.3) is 0 Å². The van der Waals surface area contributed by atoms with Crippen LogP contribution in [0.3, 0.4) is 0 Å². The standard InChI is InChI=1S/C16H26N4O3.2ClH/c1-13-10-14(23-18-13)11-19-4-6-20(7-5-19)15(21)16(12-17)2-8-22-9-3-16;;/h10H,2-9,11-12,17H2,1H3;2*1H. The topological polar surface area (TPSA) is 84.8 Å². The van der Waals surface area contributed by atoms with Crippen LogP contribution in [0.4, 0.5) is 0 Å². The Morgan fingerprint density at radius 2 is 1.88 bits per heavy atom. The predicted octanol–water partition coefficient (Wildman–Crippen LogP) is 1.23. The number of aromatic nitrogens is 1. The lowest BCUT2D eigenvalue weighted by Gasteiger charge is -2.42. The van der Waals surface area contributed by atoms with Crippen LogP contribution in [0.2, 0.25) is 0 Å². The molecule has 0 aromatic carbocycles. The first-order valence-electron chi connectivity index (χ1n) is 8.35. The molecule has 2 aliphatic rings. The minimum Gasteiger partial charge on any atom is -0.381 e. The molecular weight excluding hydrogens is 367 g/mol. The van der Waals surface area contributed by atoms with Gasteiger partial charge in [-0.25, -0.2) is 0 Å². The highest BCUT2D eigenvalue weighted by molar-refractivity contribution is 5.85. The number of nitrogens with zero attached hydrogens (tertiary/aromatic N) is 3. The van der Waals surface area contributed by atoms with E-state index in [4.69, 9.17) is 15.0 Å². The van der Waals surface area contributed by atoms with E-state index >= 15 is 0 Å². The van der Waals surface area contributed by atoms with Crippen LogP contribution in [0.5, 0.6) is 0 Å². The summed E-state index contributed by atoms with van der Waals surface area (Å²) in [5, 5.41) is 3.91.